The Morgan fingerprint density at radius 3 is 2.39 bits per heavy atom. The molecule has 0 bridgehead atoms. The first-order valence-corrected chi connectivity index (χ1v) is 6.76. The second-order valence-corrected chi connectivity index (χ2v) is 5.58. The average molecular weight is 272 g/mol. The lowest BCUT2D eigenvalue weighted by atomic mass is 10.2. The van der Waals surface area contributed by atoms with Crippen LogP contribution < -0.4 is 10.5 Å². The molecule has 18 heavy (non-hydrogen) atoms. The minimum absolute atomic E-state index is 0.0791. The lowest BCUT2D eigenvalue weighted by Crippen LogP contribution is -2.35. The quantitative estimate of drug-likeness (QED) is 0.767. The Kier molecular flexibility index (Phi) is 4.83. The molecule has 1 aromatic carbocycles. The van der Waals surface area contributed by atoms with Crippen molar-refractivity contribution in [2.24, 2.45) is 5.73 Å². The average Bonchev–Trinajstić information content (AvgIpc) is 2.28. The van der Waals surface area contributed by atoms with Crippen LogP contribution in [0.25, 0.3) is 0 Å². The van der Waals surface area contributed by atoms with Crippen molar-refractivity contribution in [2.75, 3.05) is 13.7 Å². The summed E-state index contributed by atoms with van der Waals surface area (Å²) in [5.74, 6) is -0.598. The van der Waals surface area contributed by atoms with Crippen LogP contribution in [0.1, 0.15) is 17.3 Å². The van der Waals surface area contributed by atoms with E-state index in [-0.39, 0.29) is 23.1 Å². The number of sulfonamides is 1. The zero-order valence-electron chi connectivity index (χ0n) is 10.2. The molecule has 0 heterocycles. The maximum absolute atomic E-state index is 11.9. The summed E-state index contributed by atoms with van der Waals surface area (Å²) >= 11 is 0. The molecule has 0 aliphatic heterocycles. The lowest BCUT2D eigenvalue weighted by molar-refractivity contribution is 0.1000. The predicted molar refractivity (Wildman–Crippen MR) is 66.6 cm³/mol. The van der Waals surface area contributed by atoms with Gasteiger partial charge in [-0.25, -0.2) is 13.1 Å². The second-order valence-electron chi connectivity index (χ2n) is 3.87. The van der Waals surface area contributed by atoms with Gasteiger partial charge in [-0.05, 0) is 31.2 Å². The first-order valence-electron chi connectivity index (χ1n) is 5.28. The summed E-state index contributed by atoms with van der Waals surface area (Å²) < 4.78 is 31.1. The molecule has 100 valence electrons. The van der Waals surface area contributed by atoms with Gasteiger partial charge < -0.3 is 10.5 Å². The third-order valence-corrected chi connectivity index (χ3v) is 3.83. The maximum Gasteiger partial charge on any atom is 0.248 e. The van der Waals surface area contributed by atoms with Gasteiger partial charge in [-0.15, -0.1) is 0 Å². The van der Waals surface area contributed by atoms with E-state index in [0.29, 0.717) is 0 Å². The van der Waals surface area contributed by atoms with Gasteiger partial charge in [-0.3, -0.25) is 4.79 Å². The highest BCUT2D eigenvalue weighted by atomic mass is 32.2. The van der Waals surface area contributed by atoms with Crippen LogP contribution in [0.15, 0.2) is 29.2 Å². The zero-order chi connectivity index (χ0) is 13.8. The van der Waals surface area contributed by atoms with Gasteiger partial charge in [0.1, 0.15) is 0 Å². The van der Waals surface area contributed by atoms with Crippen LogP contribution in [0, 0.1) is 0 Å². The molecule has 1 atom stereocenters. The smallest absolute Gasteiger partial charge is 0.248 e. The Bertz CT molecular complexity index is 510. The SMILES string of the molecule is COC[C@@H](C)NS(=O)(=O)c1ccc(C(N)=O)cc1. The molecule has 0 aliphatic carbocycles. The van der Waals surface area contributed by atoms with E-state index >= 15 is 0 Å². The molecule has 6 nitrogen and oxygen atoms in total. The van der Waals surface area contributed by atoms with Gasteiger partial charge in [-0.1, -0.05) is 0 Å². The highest BCUT2D eigenvalue weighted by Gasteiger charge is 2.17. The molecule has 1 rings (SSSR count). The molecule has 7 heteroatoms. The number of nitrogens with one attached hydrogen (secondary N) is 1. The topological polar surface area (TPSA) is 98.5 Å². The van der Waals surface area contributed by atoms with Crippen molar-refractivity contribution >= 4 is 15.9 Å². The number of methoxy groups -OCH3 is 1. The van der Waals surface area contributed by atoms with Crippen LogP contribution in [-0.2, 0) is 14.8 Å². The highest BCUT2D eigenvalue weighted by Crippen LogP contribution is 2.10. The Morgan fingerprint density at radius 1 is 1.39 bits per heavy atom. The summed E-state index contributed by atoms with van der Waals surface area (Å²) in [6.07, 6.45) is 0. The van der Waals surface area contributed by atoms with E-state index in [1.807, 2.05) is 0 Å². The van der Waals surface area contributed by atoms with Gasteiger partial charge in [0.25, 0.3) is 0 Å². The first-order chi connectivity index (χ1) is 8.36. The van der Waals surface area contributed by atoms with Gasteiger partial charge in [0.2, 0.25) is 15.9 Å². The molecule has 1 amide bonds. The highest BCUT2D eigenvalue weighted by molar-refractivity contribution is 7.89. The fraction of sp³-hybridized carbons (Fsp3) is 0.364. The normalized spacial score (nSPS) is 13.2. The fourth-order valence-electron chi connectivity index (χ4n) is 1.42. The number of nitrogens with two attached hydrogens (primary N) is 1. The van der Waals surface area contributed by atoms with Crippen molar-refractivity contribution < 1.29 is 17.9 Å². The molecule has 0 radical (unpaired) electrons. The van der Waals surface area contributed by atoms with Gasteiger partial charge in [0, 0.05) is 18.7 Å². The molecule has 0 fully saturated rings. The summed E-state index contributed by atoms with van der Waals surface area (Å²) in [4.78, 5) is 10.9. The molecule has 0 aromatic heterocycles. The largest absolute Gasteiger partial charge is 0.383 e. The molecule has 0 aliphatic rings. The summed E-state index contributed by atoms with van der Waals surface area (Å²) in [6, 6.07) is 5.08. The Balaban J connectivity index is 2.88. The maximum atomic E-state index is 11.9. The minimum Gasteiger partial charge on any atom is -0.383 e. The van der Waals surface area contributed by atoms with E-state index in [4.69, 9.17) is 10.5 Å². The predicted octanol–water partition coefficient (Wildman–Crippen LogP) is 0.0987. The fourth-order valence-corrected chi connectivity index (χ4v) is 2.64. The number of carbonyl (C=O) groups is 1. The zero-order valence-corrected chi connectivity index (χ0v) is 11.0. The minimum atomic E-state index is -3.61. The van der Waals surface area contributed by atoms with Crippen LogP contribution in [0.3, 0.4) is 0 Å². The van der Waals surface area contributed by atoms with Gasteiger partial charge >= 0.3 is 0 Å². The monoisotopic (exact) mass is 272 g/mol. The standard InChI is InChI=1S/C11H16N2O4S/c1-8(7-17-2)13-18(15,16)10-5-3-9(4-6-10)11(12)14/h3-6,8,13H,7H2,1-2H3,(H2,12,14)/t8-/m1/s1. The third kappa shape index (κ3) is 3.80. The Hall–Kier alpha value is -1.44. The molecule has 1 aromatic rings. The van der Waals surface area contributed by atoms with Crippen LogP contribution in [0.4, 0.5) is 0 Å². The molecule has 3 N–H and O–H groups in total. The Labute approximate surface area is 106 Å². The summed E-state index contributed by atoms with van der Waals surface area (Å²) in [7, 11) is -2.11. The number of amides is 1. The Morgan fingerprint density at radius 2 is 1.94 bits per heavy atom. The van der Waals surface area contributed by atoms with Gasteiger partial charge in [0.05, 0.1) is 11.5 Å². The molecular formula is C11H16N2O4S. The van der Waals surface area contributed by atoms with Crippen molar-refractivity contribution in [2.45, 2.75) is 17.9 Å². The summed E-state index contributed by atoms with van der Waals surface area (Å²) in [5.41, 5.74) is 5.34. The first kappa shape index (κ1) is 14.6. The van der Waals surface area contributed by atoms with Crippen molar-refractivity contribution in [1.29, 1.82) is 0 Å². The molecule has 0 saturated carbocycles. The van der Waals surface area contributed by atoms with Crippen molar-refractivity contribution in [1.82, 2.24) is 4.72 Å². The van der Waals surface area contributed by atoms with Gasteiger partial charge in [-0.2, -0.15) is 0 Å². The van der Waals surface area contributed by atoms with Crippen molar-refractivity contribution in [3.63, 3.8) is 0 Å². The number of carbonyl (C=O) groups excluding carboxylic acids is 1. The summed E-state index contributed by atoms with van der Waals surface area (Å²) in [5, 5.41) is 0. The molecular weight excluding hydrogens is 256 g/mol. The van der Waals surface area contributed by atoms with Crippen molar-refractivity contribution in [3.05, 3.63) is 29.8 Å². The number of ether oxygens (including phenoxy) is 1. The van der Waals surface area contributed by atoms with E-state index in [1.165, 1.54) is 31.4 Å². The number of benzene rings is 1. The van der Waals surface area contributed by atoms with E-state index in [1.54, 1.807) is 6.92 Å². The number of hydrogen-bond donors (Lipinski definition) is 2. The van der Waals surface area contributed by atoms with Crippen molar-refractivity contribution in [3.8, 4) is 0 Å². The van der Waals surface area contributed by atoms with E-state index in [2.05, 4.69) is 4.72 Å². The molecule has 0 unspecified atom stereocenters. The van der Waals surface area contributed by atoms with Crippen LogP contribution in [0.2, 0.25) is 0 Å². The van der Waals surface area contributed by atoms with E-state index < -0.39 is 15.9 Å². The third-order valence-electron chi connectivity index (χ3n) is 2.22. The number of primary amides is 1. The summed E-state index contributed by atoms with van der Waals surface area (Å²) in [6.45, 7) is 1.97. The molecule has 0 spiro atoms. The van der Waals surface area contributed by atoms with Crippen LogP contribution >= 0.6 is 0 Å². The number of hydrogen-bond acceptors (Lipinski definition) is 4. The lowest BCUT2D eigenvalue weighted by Gasteiger charge is -2.13. The van der Waals surface area contributed by atoms with Gasteiger partial charge in [0.15, 0.2) is 0 Å². The molecule has 0 saturated heterocycles. The van der Waals surface area contributed by atoms with Crippen LogP contribution in [0.5, 0.6) is 0 Å². The van der Waals surface area contributed by atoms with Crippen LogP contribution in [-0.4, -0.2) is 34.1 Å². The van der Waals surface area contributed by atoms with E-state index in [0.717, 1.165) is 0 Å². The number of rotatable bonds is 6. The van der Waals surface area contributed by atoms with E-state index in [9.17, 15) is 13.2 Å². The second kappa shape index (κ2) is 5.94.